The monoisotopic (exact) mass is 249 g/mol. The lowest BCUT2D eigenvalue weighted by atomic mass is 9.68. The van der Waals surface area contributed by atoms with Crippen molar-refractivity contribution in [3.63, 3.8) is 0 Å². The molecule has 1 saturated carbocycles. The standard InChI is InChI=1S/C16H24FN/c1-12-7-8-13(17)11-14(12)15(18-3)16(2)9-5-4-6-10-16/h7-8,11,15,18H,4-6,9-10H2,1-3H3. The molecule has 0 radical (unpaired) electrons. The molecule has 1 aliphatic carbocycles. The Morgan fingerprint density at radius 2 is 1.89 bits per heavy atom. The number of hydrogen-bond donors (Lipinski definition) is 1. The van der Waals surface area contributed by atoms with Crippen molar-refractivity contribution in [2.45, 2.75) is 52.0 Å². The lowest BCUT2D eigenvalue weighted by Crippen LogP contribution is -2.36. The molecule has 0 saturated heterocycles. The van der Waals surface area contributed by atoms with Crippen LogP contribution in [-0.2, 0) is 0 Å². The average molecular weight is 249 g/mol. The zero-order chi connectivity index (χ0) is 13.2. The van der Waals surface area contributed by atoms with Crippen LogP contribution >= 0.6 is 0 Å². The van der Waals surface area contributed by atoms with Crippen molar-refractivity contribution in [3.05, 3.63) is 35.1 Å². The van der Waals surface area contributed by atoms with E-state index in [0.29, 0.717) is 0 Å². The first-order valence-corrected chi connectivity index (χ1v) is 7.00. The number of halogens is 1. The van der Waals surface area contributed by atoms with Crippen LogP contribution in [0.25, 0.3) is 0 Å². The van der Waals surface area contributed by atoms with E-state index in [1.54, 1.807) is 12.1 Å². The van der Waals surface area contributed by atoms with Gasteiger partial charge >= 0.3 is 0 Å². The predicted molar refractivity (Wildman–Crippen MR) is 74.1 cm³/mol. The maximum absolute atomic E-state index is 13.5. The highest BCUT2D eigenvalue weighted by atomic mass is 19.1. The molecule has 1 aromatic rings. The van der Waals surface area contributed by atoms with Gasteiger partial charge in [-0.2, -0.15) is 0 Å². The van der Waals surface area contributed by atoms with Crippen LogP contribution in [-0.4, -0.2) is 7.05 Å². The van der Waals surface area contributed by atoms with Crippen LogP contribution < -0.4 is 5.32 Å². The quantitative estimate of drug-likeness (QED) is 0.839. The highest BCUT2D eigenvalue weighted by Gasteiger charge is 2.36. The molecule has 1 aliphatic rings. The molecule has 100 valence electrons. The smallest absolute Gasteiger partial charge is 0.123 e. The fraction of sp³-hybridized carbons (Fsp3) is 0.625. The van der Waals surface area contributed by atoms with Gasteiger partial charge in [-0.05, 0) is 55.5 Å². The van der Waals surface area contributed by atoms with Crippen LogP contribution in [0.1, 0.15) is 56.2 Å². The Kier molecular flexibility index (Phi) is 4.06. The molecule has 0 bridgehead atoms. The molecule has 1 aromatic carbocycles. The summed E-state index contributed by atoms with van der Waals surface area (Å²) >= 11 is 0. The van der Waals surface area contributed by atoms with E-state index in [-0.39, 0.29) is 17.3 Å². The van der Waals surface area contributed by atoms with Crippen LogP contribution in [0.4, 0.5) is 4.39 Å². The van der Waals surface area contributed by atoms with Crippen LogP contribution in [0, 0.1) is 18.2 Å². The Morgan fingerprint density at radius 3 is 2.50 bits per heavy atom. The van der Waals surface area contributed by atoms with Crippen molar-refractivity contribution in [1.29, 1.82) is 0 Å². The van der Waals surface area contributed by atoms with Crippen LogP contribution in [0.3, 0.4) is 0 Å². The van der Waals surface area contributed by atoms with Gasteiger partial charge < -0.3 is 5.32 Å². The molecule has 1 N–H and O–H groups in total. The van der Waals surface area contributed by atoms with E-state index in [9.17, 15) is 4.39 Å². The fourth-order valence-electron chi connectivity index (χ4n) is 3.45. The van der Waals surface area contributed by atoms with E-state index in [4.69, 9.17) is 0 Å². The third kappa shape index (κ3) is 2.59. The van der Waals surface area contributed by atoms with E-state index < -0.39 is 0 Å². The number of benzene rings is 1. The minimum atomic E-state index is -0.129. The lowest BCUT2D eigenvalue weighted by Gasteiger charge is -2.41. The van der Waals surface area contributed by atoms with Gasteiger partial charge in [-0.25, -0.2) is 4.39 Å². The Morgan fingerprint density at radius 1 is 1.22 bits per heavy atom. The van der Waals surface area contributed by atoms with Crippen molar-refractivity contribution in [1.82, 2.24) is 5.32 Å². The summed E-state index contributed by atoms with van der Waals surface area (Å²) in [5, 5.41) is 3.43. The van der Waals surface area contributed by atoms with Crippen molar-refractivity contribution in [2.75, 3.05) is 7.05 Å². The van der Waals surface area contributed by atoms with Crippen molar-refractivity contribution < 1.29 is 4.39 Å². The van der Waals surface area contributed by atoms with Gasteiger partial charge in [0.1, 0.15) is 5.82 Å². The Bertz CT molecular complexity index is 408. The summed E-state index contributed by atoms with van der Waals surface area (Å²) in [6.45, 7) is 4.42. The summed E-state index contributed by atoms with van der Waals surface area (Å²) in [7, 11) is 1.99. The first kappa shape index (κ1) is 13.5. The minimum absolute atomic E-state index is 0.129. The highest BCUT2D eigenvalue weighted by molar-refractivity contribution is 5.31. The van der Waals surface area contributed by atoms with Crippen molar-refractivity contribution >= 4 is 0 Å². The Balaban J connectivity index is 2.35. The highest BCUT2D eigenvalue weighted by Crippen LogP contribution is 2.46. The summed E-state index contributed by atoms with van der Waals surface area (Å²) < 4.78 is 13.5. The maximum atomic E-state index is 13.5. The van der Waals surface area contributed by atoms with Gasteiger partial charge in [0.25, 0.3) is 0 Å². The first-order chi connectivity index (χ1) is 8.57. The zero-order valence-corrected chi connectivity index (χ0v) is 11.7. The fourth-order valence-corrected chi connectivity index (χ4v) is 3.45. The number of rotatable bonds is 3. The predicted octanol–water partition coefficient (Wildman–Crippen LogP) is 4.37. The molecule has 1 fully saturated rings. The summed E-state index contributed by atoms with van der Waals surface area (Å²) in [5.74, 6) is -0.129. The second kappa shape index (κ2) is 5.40. The third-order valence-corrected chi connectivity index (χ3v) is 4.53. The van der Waals surface area contributed by atoms with Gasteiger partial charge in [0.05, 0.1) is 0 Å². The van der Waals surface area contributed by atoms with Crippen LogP contribution in [0.5, 0.6) is 0 Å². The normalized spacial score (nSPS) is 20.7. The number of aryl methyl sites for hydroxylation is 1. The summed E-state index contributed by atoms with van der Waals surface area (Å²) in [6, 6.07) is 5.40. The summed E-state index contributed by atoms with van der Waals surface area (Å²) in [4.78, 5) is 0. The molecule has 0 spiro atoms. The van der Waals surface area contributed by atoms with E-state index in [1.807, 2.05) is 13.1 Å². The molecule has 1 atom stereocenters. The topological polar surface area (TPSA) is 12.0 Å². The van der Waals surface area contributed by atoms with Crippen LogP contribution in [0.15, 0.2) is 18.2 Å². The lowest BCUT2D eigenvalue weighted by molar-refractivity contribution is 0.150. The second-order valence-corrected chi connectivity index (χ2v) is 5.94. The number of nitrogens with one attached hydrogen (secondary N) is 1. The Labute approximate surface area is 110 Å². The van der Waals surface area contributed by atoms with Gasteiger partial charge in [-0.15, -0.1) is 0 Å². The molecule has 1 nitrogen and oxygen atoms in total. The SMILES string of the molecule is CNC(c1cc(F)ccc1C)C1(C)CCCCC1. The van der Waals surface area contributed by atoms with Crippen molar-refractivity contribution in [2.24, 2.45) is 5.41 Å². The molecule has 2 heteroatoms. The van der Waals surface area contributed by atoms with Gasteiger partial charge in [0.2, 0.25) is 0 Å². The molecule has 0 amide bonds. The molecule has 1 unspecified atom stereocenters. The molecular weight excluding hydrogens is 225 g/mol. The first-order valence-electron chi connectivity index (χ1n) is 7.00. The van der Waals surface area contributed by atoms with E-state index in [2.05, 4.69) is 19.2 Å². The summed E-state index contributed by atoms with van der Waals surface area (Å²) in [5.41, 5.74) is 2.57. The molecule has 0 heterocycles. The van der Waals surface area contributed by atoms with E-state index in [1.165, 1.54) is 37.7 Å². The van der Waals surface area contributed by atoms with E-state index in [0.717, 1.165) is 5.56 Å². The third-order valence-electron chi connectivity index (χ3n) is 4.53. The van der Waals surface area contributed by atoms with Crippen molar-refractivity contribution in [3.8, 4) is 0 Å². The summed E-state index contributed by atoms with van der Waals surface area (Å²) in [6.07, 6.45) is 6.39. The zero-order valence-electron chi connectivity index (χ0n) is 11.7. The molecule has 18 heavy (non-hydrogen) atoms. The van der Waals surface area contributed by atoms with E-state index >= 15 is 0 Å². The molecule has 0 aromatic heterocycles. The average Bonchev–Trinajstić information content (AvgIpc) is 2.35. The Hall–Kier alpha value is -0.890. The minimum Gasteiger partial charge on any atom is -0.313 e. The molecule has 2 rings (SSSR count). The second-order valence-electron chi connectivity index (χ2n) is 5.94. The number of hydrogen-bond acceptors (Lipinski definition) is 1. The molecule has 0 aliphatic heterocycles. The largest absolute Gasteiger partial charge is 0.313 e. The van der Waals surface area contributed by atoms with Gasteiger partial charge in [0, 0.05) is 6.04 Å². The van der Waals surface area contributed by atoms with Gasteiger partial charge in [-0.3, -0.25) is 0 Å². The van der Waals surface area contributed by atoms with Gasteiger partial charge in [-0.1, -0.05) is 32.3 Å². The van der Waals surface area contributed by atoms with Gasteiger partial charge in [0.15, 0.2) is 0 Å². The maximum Gasteiger partial charge on any atom is 0.123 e. The molecular formula is C16H24FN. The van der Waals surface area contributed by atoms with Crippen LogP contribution in [0.2, 0.25) is 0 Å².